The van der Waals surface area contributed by atoms with Crippen LogP contribution in [0.3, 0.4) is 0 Å². The molecule has 1 amide bonds. The summed E-state index contributed by atoms with van der Waals surface area (Å²) in [5, 5.41) is 10.9. The van der Waals surface area contributed by atoms with Gasteiger partial charge in [-0.15, -0.1) is 0 Å². The Morgan fingerprint density at radius 2 is 1.86 bits per heavy atom. The minimum absolute atomic E-state index is 0.0247. The average molecular weight is 515 g/mol. The van der Waals surface area contributed by atoms with E-state index in [1.807, 2.05) is 35.0 Å². The van der Waals surface area contributed by atoms with Gasteiger partial charge in [-0.1, -0.05) is 23.7 Å². The number of aromatic nitrogens is 2. The summed E-state index contributed by atoms with van der Waals surface area (Å²) in [6.07, 6.45) is 5.18. The highest BCUT2D eigenvalue weighted by atomic mass is 35.5. The maximum absolute atomic E-state index is 13.2. The lowest BCUT2D eigenvalue weighted by atomic mass is 10.2. The van der Waals surface area contributed by atoms with Crippen LogP contribution in [0.1, 0.15) is 5.56 Å². The molecule has 0 bridgehead atoms. The van der Waals surface area contributed by atoms with E-state index >= 15 is 0 Å². The van der Waals surface area contributed by atoms with Gasteiger partial charge in [-0.25, -0.2) is 18.2 Å². The van der Waals surface area contributed by atoms with Crippen LogP contribution >= 0.6 is 11.6 Å². The lowest BCUT2D eigenvalue weighted by Crippen LogP contribution is -2.52. The molecule has 0 saturated carbocycles. The first-order valence-corrected chi connectivity index (χ1v) is 12.4. The molecule has 4 aromatic rings. The predicted molar refractivity (Wildman–Crippen MR) is 127 cm³/mol. The lowest BCUT2D eigenvalue weighted by Gasteiger charge is -2.33. The van der Waals surface area contributed by atoms with Crippen LogP contribution in [0, 0.1) is 0 Å². The summed E-state index contributed by atoms with van der Waals surface area (Å²) in [6, 6.07) is 11.7. The summed E-state index contributed by atoms with van der Waals surface area (Å²) in [5.41, 5.74) is 0.527. The maximum Gasteiger partial charge on any atom is 0.360 e. The summed E-state index contributed by atoms with van der Waals surface area (Å²) in [4.78, 5) is 29.9. The molecular formula is C23H19ClN4O6S. The van der Waals surface area contributed by atoms with Gasteiger partial charge in [0.25, 0.3) is 10.0 Å². The van der Waals surface area contributed by atoms with Gasteiger partial charge in [-0.2, -0.15) is 4.31 Å². The van der Waals surface area contributed by atoms with Crippen LogP contribution in [-0.2, 0) is 21.4 Å². The molecule has 2 aromatic carbocycles. The fraction of sp³-hybridized carbons (Fsp3) is 0.174. The lowest BCUT2D eigenvalue weighted by molar-refractivity contribution is -0.134. The molecule has 0 spiro atoms. The number of aromatic hydroxyl groups is 1. The van der Waals surface area contributed by atoms with Gasteiger partial charge >= 0.3 is 5.63 Å². The molecule has 0 radical (unpaired) electrons. The number of hydrogen-bond donors (Lipinski definition) is 1. The topological polar surface area (TPSA) is 126 Å². The third-order valence-electron chi connectivity index (χ3n) is 5.80. The Kier molecular flexibility index (Phi) is 5.83. The van der Waals surface area contributed by atoms with Crippen molar-refractivity contribution in [2.45, 2.75) is 11.4 Å². The molecule has 10 nitrogen and oxygen atoms in total. The number of nitrogens with zero attached hydrogens (tertiary/aromatic N) is 4. The van der Waals surface area contributed by atoms with E-state index in [0.717, 1.165) is 15.6 Å². The number of carbonyl (C=O) groups is 1. The highest BCUT2D eigenvalue weighted by Crippen LogP contribution is 2.32. The Labute approximate surface area is 204 Å². The quantitative estimate of drug-likeness (QED) is 0.405. The minimum atomic E-state index is -4.50. The van der Waals surface area contributed by atoms with E-state index in [2.05, 4.69) is 4.98 Å². The van der Waals surface area contributed by atoms with Crippen molar-refractivity contribution in [3.63, 3.8) is 0 Å². The van der Waals surface area contributed by atoms with Crippen molar-refractivity contribution in [1.29, 1.82) is 0 Å². The van der Waals surface area contributed by atoms with Crippen molar-refractivity contribution in [2.75, 3.05) is 19.6 Å². The molecule has 35 heavy (non-hydrogen) atoms. The molecule has 3 heterocycles. The summed E-state index contributed by atoms with van der Waals surface area (Å²) >= 11 is 5.88. The number of fused-ring (bicyclic) bond motifs is 1. The van der Waals surface area contributed by atoms with Crippen molar-refractivity contribution in [3.8, 4) is 11.4 Å². The molecule has 1 fully saturated rings. The van der Waals surface area contributed by atoms with Gasteiger partial charge in [0.15, 0.2) is 5.75 Å². The van der Waals surface area contributed by atoms with Gasteiger partial charge < -0.3 is 19.0 Å². The van der Waals surface area contributed by atoms with Gasteiger partial charge in [0, 0.05) is 48.8 Å². The SMILES string of the molecule is O=C1CN(S(=O)(=O)c2c(O)c3ccc(Cl)cc3oc2=O)CCN1Cc1ccc(-n2ccnc2)cc1. The molecule has 180 valence electrons. The fourth-order valence-corrected chi connectivity index (χ4v) is 5.59. The zero-order valence-corrected chi connectivity index (χ0v) is 19.7. The van der Waals surface area contributed by atoms with Gasteiger partial charge in [0.05, 0.1) is 18.3 Å². The molecule has 0 aliphatic carbocycles. The predicted octanol–water partition coefficient (Wildman–Crippen LogP) is 2.37. The van der Waals surface area contributed by atoms with Crippen LogP contribution in [0.25, 0.3) is 16.7 Å². The molecule has 1 aliphatic heterocycles. The number of imidazole rings is 1. The molecule has 0 atom stereocenters. The van der Waals surface area contributed by atoms with E-state index in [4.69, 9.17) is 16.0 Å². The smallest absolute Gasteiger partial charge is 0.360 e. The summed E-state index contributed by atoms with van der Waals surface area (Å²) < 4.78 is 34.2. The van der Waals surface area contributed by atoms with E-state index in [1.165, 1.54) is 18.2 Å². The first-order valence-electron chi connectivity index (χ1n) is 10.5. The number of halogens is 1. The van der Waals surface area contributed by atoms with Crippen molar-refractivity contribution in [3.05, 3.63) is 82.2 Å². The number of benzene rings is 2. The molecule has 2 aromatic heterocycles. The molecule has 1 aliphatic rings. The van der Waals surface area contributed by atoms with Crippen molar-refractivity contribution in [2.24, 2.45) is 0 Å². The van der Waals surface area contributed by atoms with Gasteiger partial charge in [0.2, 0.25) is 10.8 Å². The molecule has 1 saturated heterocycles. The first kappa shape index (κ1) is 23.1. The van der Waals surface area contributed by atoms with E-state index in [9.17, 15) is 23.1 Å². The minimum Gasteiger partial charge on any atom is -0.505 e. The Balaban J connectivity index is 1.34. The normalized spacial score (nSPS) is 15.1. The maximum atomic E-state index is 13.2. The standard InChI is InChI=1S/C23H19ClN4O6S/c24-16-3-6-18-19(11-16)34-23(31)22(21(18)30)35(32,33)28-10-9-26(20(29)13-28)12-15-1-4-17(5-2-15)27-8-7-25-14-27/h1-8,11,14,30H,9-10,12-13H2. The van der Waals surface area contributed by atoms with E-state index in [0.29, 0.717) is 6.54 Å². The second-order valence-electron chi connectivity index (χ2n) is 8.00. The molecular weight excluding hydrogens is 496 g/mol. The fourth-order valence-electron chi connectivity index (χ4n) is 3.96. The van der Waals surface area contributed by atoms with Gasteiger partial charge in [0.1, 0.15) is 5.58 Å². The number of piperazine rings is 1. The average Bonchev–Trinajstić information content (AvgIpc) is 3.35. The number of rotatable bonds is 5. The highest BCUT2D eigenvalue weighted by molar-refractivity contribution is 7.89. The monoisotopic (exact) mass is 514 g/mol. The zero-order valence-electron chi connectivity index (χ0n) is 18.2. The third kappa shape index (κ3) is 4.29. The van der Waals surface area contributed by atoms with Crippen LogP contribution in [-0.4, -0.2) is 57.8 Å². The molecule has 1 N–H and O–H groups in total. The van der Waals surface area contributed by atoms with E-state index in [1.54, 1.807) is 17.4 Å². The largest absolute Gasteiger partial charge is 0.505 e. The second-order valence-corrected chi connectivity index (χ2v) is 10.3. The number of amides is 1. The van der Waals surface area contributed by atoms with Crippen molar-refractivity contribution in [1.82, 2.24) is 18.8 Å². The Hall–Kier alpha value is -3.67. The molecule has 0 unspecified atom stereocenters. The van der Waals surface area contributed by atoms with Crippen LogP contribution in [0.15, 0.2) is 75.3 Å². The van der Waals surface area contributed by atoms with Gasteiger partial charge in [-0.3, -0.25) is 4.79 Å². The number of hydrogen-bond acceptors (Lipinski definition) is 7. The zero-order chi connectivity index (χ0) is 24.7. The van der Waals surface area contributed by atoms with Crippen molar-refractivity contribution < 1.29 is 22.7 Å². The first-order chi connectivity index (χ1) is 16.7. The van der Waals surface area contributed by atoms with Crippen LogP contribution in [0.5, 0.6) is 5.75 Å². The Morgan fingerprint density at radius 3 is 2.54 bits per heavy atom. The van der Waals surface area contributed by atoms with Crippen molar-refractivity contribution >= 4 is 38.5 Å². The van der Waals surface area contributed by atoms with Crippen LogP contribution in [0.4, 0.5) is 0 Å². The summed E-state index contributed by atoms with van der Waals surface area (Å²) in [5.74, 6) is -1.16. The summed E-state index contributed by atoms with van der Waals surface area (Å²) in [6.45, 7) is -0.0800. The number of carbonyl (C=O) groups excluding carboxylic acids is 1. The second kappa shape index (κ2) is 8.84. The highest BCUT2D eigenvalue weighted by Gasteiger charge is 2.37. The molecule has 12 heteroatoms. The van der Waals surface area contributed by atoms with Crippen LogP contribution in [0.2, 0.25) is 5.02 Å². The molecule has 5 rings (SSSR count). The van der Waals surface area contributed by atoms with E-state index < -0.39 is 38.7 Å². The van der Waals surface area contributed by atoms with Gasteiger partial charge in [-0.05, 0) is 29.8 Å². The Bertz CT molecular complexity index is 1580. The third-order valence-corrected chi connectivity index (χ3v) is 7.90. The Morgan fingerprint density at radius 1 is 1.09 bits per heavy atom. The number of sulfonamides is 1. The summed E-state index contributed by atoms with van der Waals surface area (Å²) in [7, 11) is -4.50. The van der Waals surface area contributed by atoms with E-state index in [-0.39, 0.29) is 29.1 Å². The van der Waals surface area contributed by atoms with Crippen LogP contribution < -0.4 is 5.63 Å².